The molecule has 2 aromatic carbocycles. The molecule has 0 saturated heterocycles. The second kappa shape index (κ2) is 6.71. The van der Waals surface area contributed by atoms with Crippen molar-refractivity contribution in [3.05, 3.63) is 48.5 Å². The highest BCUT2D eigenvalue weighted by Gasteiger charge is 2.35. The molecule has 2 aromatic rings. The van der Waals surface area contributed by atoms with Crippen LogP contribution in [-0.2, 0) is 10.8 Å². The van der Waals surface area contributed by atoms with Crippen molar-refractivity contribution < 1.29 is 40.0 Å². The predicted octanol–water partition coefficient (Wildman–Crippen LogP) is 4.65. The van der Waals surface area contributed by atoms with Gasteiger partial charge in [-0.1, -0.05) is 24.3 Å². The normalized spacial score (nSPS) is 12.3. The van der Waals surface area contributed by atoms with Gasteiger partial charge in [0.25, 0.3) is 0 Å². The SMILES string of the molecule is O=S(c1ccccc1OC(F)(F)F)c1ccccc1OC(F)(F)F. The number of benzene rings is 2. The molecule has 0 spiro atoms. The summed E-state index contributed by atoms with van der Waals surface area (Å²) in [4.78, 5) is -0.874. The van der Waals surface area contributed by atoms with Crippen LogP contribution in [0, 0.1) is 0 Å². The summed E-state index contributed by atoms with van der Waals surface area (Å²) in [5, 5.41) is 0. The summed E-state index contributed by atoms with van der Waals surface area (Å²) in [6.45, 7) is 0. The maximum Gasteiger partial charge on any atom is 0.573 e. The zero-order valence-electron chi connectivity index (χ0n) is 11.5. The van der Waals surface area contributed by atoms with Crippen LogP contribution in [0.15, 0.2) is 58.3 Å². The van der Waals surface area contributed by atoms with Gasteiger partial charge in [-0.2, -0.15) is 0 Å². The molecule has 0 amide bonds. The Bertz CT molecular complexity index is 680. The number of rotatable bonds is 4. The summed E-state index contributed by atoms with van der Waals surface area (Å²) < 4.78 is 94.4. The minimum atomic E-state index is -5.04. The third-order valence-corrected chi connectivity index (χ3v) is 4.02. The van der Waals surface area contributed by atoms with Crippen molar-refractivity contribution in [1.29, 1.82) is 0 Å². The summed E-state index contributed by atoms with van der Waals surface area (Å²) >= 11 is 0. The van der Waals surface area contributed by atoms with Gasteiger partial charge in [0.15, 0.2) is 0 Å². The number of alkyl halides is 6. The Morgan fingerprint density at radius 3 is 1.33 bits per heavy atom. The van der Waals surface area contributed by atoms with E-state index in [9.17, 15) is 30.6 Å². The average molecular weight is 370 g/mol. The smallest absolute Gasteiger partial charge is 0.404 e. The van der Waals surface area contributed by atoms with E-state index in [1.54, 1.807) is 0 Å². The highest BCUT2D eigenvalue weighted by Crippen LogP contribution is 2.35. The van der Waals surface area contributed by atoms with E-state index in [4.69, 9.17) is 0 Å². The van der Waals surface area contributed by atoms with E-state index >= 15 is 0 Å². The van der Waals surface area contributed by atoms with E-state index in [0.717, 1.165) is 24.3 Å². The Labute approximate surface area is 134 Å². The van der Waals surface area contributed by atoms with E-state index in [0.29, 0.717) is 0 Å². The van der Waals surface area contributed by atoms with Crippen molar-refractivity contribution in [3.8, 4) is 11.5 Å². The summed E-state index contributed by atoms with van der Waals surface area (Å²) in [7, 11) is -2.39. The first kappa shape index (κ1) is 18.1. The van der Waals surface area contributed by atoms with Crippen molar-refractivity contribution in [3.63, 3.8) is 0 Å². The molecule has 0 saturated carbocycles. The fourth-order valence-electron chi connectivity index (χ4n) is 1.74. The molecule has 130 valence electrons. The quantitative estimate of drug-likeness (QED) is 0.735. The van der Waals surface area contributed by atoms with Gasteiger partial charge in [-0.15, -0.1) is 26.3 Å². The molecule has 0 aliphatic carbocycles. The fourth-order valence-corrected chi connectivity index (χ4v) is 2.97. The van der Waals surface area contributed by atoms with Crippen LogP contribution in [-0.4, -0.2) is 16.9 Å². The van der Waals surface area contributed by atoms with Crippen LogP contribution in [0.25, 0.3) is 0 Å². The minimum Gasteiger partial charge on any atom is -0.404 e. The van der Waals surface area contributed by atoms with Gasteiger partial charge < -0.3 is 9.47 Å². The van der Waals surface area contributed by atoms with Gasteiger partial charge in [-0.25, -0.2) is 4.21 Å². The summed E-state index contributed by atoms with van der Waals surface area (Å²) in [6.07, 6.45) is -10.1. The van der Waals surface area contributed by atoms with E-state index < -0.39 is 44.8 Å². The highest BCUT2D eigenvalue weighted by molar-refractivity contribution is 7.85. The highest BCUT2D eigenvalue weighted by atomic mass is 32.2. The molecule has 0 bridgehead atoms. The van der Waals surface area contributed by atoms with Crippen molar-refractivity contribution >= 4 is 10.8 Å². The molecule has 0 aliphatic heterocycles. The van der Waals surface area contributed by atoms with E-state index in [2.05, 4.69) is 9.47 Å². The molecule has 0 heterocycles. The van der Waals surface area contributed by atoms with Crippen molar-refractivity contribution in [2.75, 3.05) is 0 Å². The van der Waals surface area contributed by atoms with Crippen molar-refractivity contribution in [2.45, 2.75) is 22.5 Å². The molecular formula is C14H8F6O3S. The zero-order valence-corrected chi connectivity index (χ0v) is 12.3. The lowest BCUT2D eigenvalue weighted by Gasteiger charge is -2.15. The fraction of sp³-hybridized carbons (Fsp3) is 0.143. The topological polar surface area (TPSA) is 35.5 Å². The Morgan fingerprint density at radius 2 is 1.00 bits per heavy atom. The van der Waals surface area contributed by atoms with Gasteiger partial charge in [-0.05, 0) is 24.3 Å². The maximum absolute atomic E-state index is 12.5. The standard InChI is InChI=1S/C14H8F6O3S/c15-13(16,17)22-9-5-1-3-7-11(9)24(21)12-8-4-2-6-10(12)23-14(18,19)20/h1-8H. The number of hydrogen-bond acceptors (Lipinski definition) is 3. The Morgan fingerprint density at radius 1 is 0.667 bits per heavy atom. The van der Waals surface area contributed by atoms with Crippen LogP contribution in [0.5, 0.6) is 11.5 Å². The van der Waals surface area contributed by atoms with Crippen molar-refractivity contribution in [1.82, 2.24) is 0 Å². The molecule has 10 heteroatoms. The Hall–Kier alpha value is -2.23. The molecule has 0 aromatic heterocycles. The maximum atomic E-state index is 12.5. The first-order valence-corrected chi connectivity index (χ1v) is 7.33. The molecule has 0 aliphatic rings. The van der Waals surface area contributed by atoms with Gasteiger partial charge in [-0.3, -0.25) is 0 Å². The molecule has 3 nitrogen and oxygen atoms in total. The second-order valence-corrected chi connectivity index (χ2v) is 5.67. The molecule has 2 rings (SSSR count). The van der Waals surface area contributed by atoms with Crippen LogP contribution in [0.4, 0.5) is 26.3 Å². The minimum absolute atomic E-state index is 0.437. The first-order chi connectivity index (χ1) is 11.1. The molecule has 0 atom stereocenters. The summed E-state index contributed by atoms with van der Waals surface area (Å²) in [5.41, 5.74) is 0. The van der Waals surface area contributed by atoms with Crippen LogP contribution in [0.2, 0.25) is 0 Å². The van der Waals surface area contributed by atoms with Crippen LogP contribution >= 0.6 is 0 Å². The summed E-state index contributed by atoms with van der Waals surface area (Å²) in [5.74, 6) is -1.55. The molecule has 24 heavy (non-hydrogen) atoms. The van der Waals surface area contributed by atoms with E-state index in [-0.39, 0.29) is 0 Å². The van der Waals surface area contributed by atoms with Crippen LogP contribution in [0.3, 0.4) is 0 Å². The number of ether oxygens (including phenoxy) is 2. The Balaban J connectivity index is 2.44. The number of hydrogen-bond donors (Lipinski definition) is 0. The third kappa shape index (κ3) is 4.88. The molecule has 0 fully saturated rings. The monoisotopic (exact) mass is 370 g/mol. The lowest BCUT2D eigenvalue weighted by Crippen LogP contribution is -2.19. The number of halogens is 6. The van der Waals surface area contributed by atoms with Crippen LogP contribution < -0.4 is 9.47 Å². The molecule has 0 N–H and O–H groups in total. The van der Waals surface area contributed by atoms with Gasteiger partial charge in [0.05, 0.1) is 20.6 Å². The van der Waals surface area contributed by atoms with E-state index in [1.807, 2.05) is 0 Å². The third-order valence-electron chi connectivity index (χ3n) is 2.55. The second-order valence-electron chi connectivity index (χ2n) is 4.26. The Kier molecular flexibility index (Phi) is 5.07. The average Bonchev–Trinajstić information content (AvgIpc) is 2.44. The predicted molar refractivity (Wildman–Crippen MR) is 70.9 cm³/mol. The molecule has 0 unspecified atom stereocenters. The summed E-state index contributed by atoms with van der Waals surface area (Å²) in [6, 6.07) is 8.91. The van der Waals surface area contributed by atoms with Gasteiger partial charge >= 0.3 is 12.7 Å². The number of para-hydroxylation sites is 2. The van der Waals surface area contributed by atoms with Gasteiger partial charge in [0.1, 0.15) is 11.5 Å². The lowest BCUT2D eigenvalue weighted by atomic mass is 10.3. The first-order valence-electron chi connectivity index (χ1n) is 6.18. The molecular weight excluding hydrogens is 362 g/mol. The molecule has 0 radical (unpaired) electrons. The van der Waals surface area contributed by atoms with E-state index in [1.165, 1.54) is 24.3 Å². The lowest BCUT2D eigenvalue weighted by molar-refractivity contribution is -0.276. The van der Waals surface area contributed by atoms with Crippen LogP contribution in [0.1, 0.15) is 0 Å². The van der Waals surface area contributed by atoms with Gasteiger partial charge in [0.2, 0.25) is 0 Å². The largest absolute Gasteiger partial charge is 0.573 e. The van der Waals surface area contributed by atoms with Crippen molar-refractivity contribution in [2.24, 2.45) is 0 Å². The zero-order chi connectivity index (χ0) is 18.0. The van der Waals surface area contributed by atoms with Gasteiger partial charge in [0, 0.05) is 0 Å².